The summed E-state index contributed by atoms with van der Waals surface area (Å²) in [5.41, 5.74) is 5.31. The fourth-order valence-corrected chi connectivity index (χ4v) is 4.12. The van der Waals surface area contributed by atoms with Crippen LogP contribution in [0.2, 0.25) is 0 Å². The molecule has 0 saturated heterocycles. The molecule has 0 saturated carbocycles. The van der Waals surface area contributed by atoms with Gasteiger partial charge in [0.2, 0.25) is 15.9 Å². The molecule has 2 aromatic rings. The van der Waals surface area contributed by atoms with Crippen LogP contribution in [-0.4, -0.2) is 61.2 Å². The second-order valence-electron chi connectivity index (χ2n) is 7.04. The number of amides is 2. The summed E-state index contributed by atoms with van der Waals surface area (Å²) in [5.74, 6) is -2.94. The molecule has 1 atom stereocenters. The first kappa shape index (κ1) is 26.9. The van der Waals surface area contributed by atoms with E-state index >= 15 is 0 Å². The third kappa shape index (κ3) is 7.58. The maximum Gasteiger partial charge on any atom is 0.323 e. The summed E-state index contributed by atoms with van der Waals surface area (Å²) in [7, 11) is -4.60. The Balaban J connectivity index is 1.90. The number of rotatable bonds is 12. The number of nitrogen functional groups attached to an aromatic ring is 1. The van der Waals surface area contributed by atoms with Crippen molar-refractivity contribution in [2.24, 2.45) is 5.73 Å². The van der Waals surface area contributed by atoms with Gasteiger partial charge >= 0.3 is 5.97 Å². The molecule has 14 nitrogen and oxygen atoms in total. The summed E-state index contributed by atoms with van der Waals surface area (Å²) in [5, 5.41) is 32.4. The number of carboxylic acids is 1. The number of nitrogens with two attached hydrogens (primary N) is 1. The number of carbonyl (C=O) groups is 3. The van der Waals surface area contributed by atoms with Gasteiger partial charge in [-0.05, 0) is 18.2 Å². The number of sulfonamides is 1. The highest BCUT2D eigenvalue weighted by Gasteiger charge is 2.30. The van der Waals surface area contributed by atoms with Gasteiger partial charge in [-0.15, -0.1) is 0 Å². The largest absolute Gasteiger partial charge is 0.480 e. The van der Waals surface area contributed by atoms with E-state index in [9.17, 15) is 38.0 Å². The van der Waals surface area contributed by atoms with Gasteiger partial charge < -0.3 is 21.5 Å². The summed E-state index contributed by atoms with van der Waals surface area (Å²) < 4.78 is 26.8. The Morgan fingerprint density at radius 3 is 2.23 bits per heavy atom. The average molecular weight is 506 g/mol. The van der Waals surface area contributed by atoms with Crippen molar-refractivity contribution in [2.45, 2.75) is 17.4 Å². The van der Waals surface area contributed by atoms with Crippen LogP contribution in [0.5, 0.6) is 0 Å². The quantitative estimate of drug-likeness (QED) is 0.0944. The fraction of sp³-hybridized carbons (Fsp3) is 0.200. The summed E-state index contributed by atoms with van der Waals surface area (Å²) in [4.78, 5) is 45.0. The predicted octanol–water partition coefficient (Wildman–Crippen LogP) is -0.453. The minimum Gasteiger partial charge on any atom is -0.480 e. The molecule has 2 rings (SSSR count). The number of nitrogens with one attached hydrogen (secondary N) is 4. The number of nitro groups is 1. The lowest BCUT2D eigenvalue weighted by atomic mass is 10.1. The van der Waals surface area contributed by atoms with Gasteiger partial charge in [-0.3, -0.25) is 29.9 Å². The van der Waals surface area contributed by atoms with E-state index in [4.69, 9.17) is 11.1 Å². The Morgan fingerprint density at radius 2 is 1.66 bits per heavy atom. The second kappa shape index (κ2) is 11.7. The van der Waals surface area contributed by atoms with Crippen molar-refractivity contribution in [1.82, 2.24) is 15.4 Å². The Kier molecular flexibility index (Phi) is 8.96. The number of benzene rings is 2. The van der Waals surface area contributed by atoms with E-state index < -0.39 is 55.9 Å². The number of para-hydroxylation sites is 1. The minimum absolute atomic E-state index is 0.0984. The van der Waals surface area contributed by atoms with Crippen LogP contribution < -0.4 is 21.1 Å². The number of carbonyl (C=O) groups excluding carboxylic acids is 2. The second-order valence-corrected chi connectivity index (χ2v) is 8.72. The zero-order chi connectivity index (χ0) is 26.2. The van der Waals surface area contributed by atoms with Gasteiger partial charge in [-0.25, -0.2) is 8.42 Å². The Morgan fingerprint density at radius 1 is 1.06 bits per heavy atom. The first-order valence-electron chi connectivity index (χ1n) is 9.90. The number of nitro benzene ring substituents is 1. The Labute approximate surface area is 199 Å². The van der Waals surface area contributed by atoms with Crippen LogP contribution in [0.3, 0.4) is 0 Å². The van der Waals surface area contributed by atoms with Crippen LogP contribution in [0.4, 0.5) is 5.69 Å². The van der Waals surface area contributed by atoms with Crippen molar-refractivity contribution in [3.05, 3.63) is 69.8 Å². The monoisotopic (exact) mass is 506 g/mol. The number of carboxylic acid groups (broad SMARTS) is 1. The zero-order valence-electron chi connectivity index (χ0n) is 18.1. The summed E-state index contributed by atoms with van der Waals surface area (Å²) in [6, 6.07) is 8.48. The number of hydrogen-bond donors (Lipinski definition) is 6. The molecule has 0 aliphatic rings. The van der Waals surface area contributed by atoms with Gasteiger partial charge in [-0.1, -0.05) is 24.3 Å². The van der Waals surface area contributed by atoms with E-state index in [2.05, 4.69) is 10.6 Å². The molecule has 0 spiro atoms. The highest BCUT2D eigenvalue weighted by atomic mass is 32.2. The van der Waals surface area contributed by atoms with Gasteiger partial charge in [0.25, 0.3) is 11.6 Å². The van der Waals surface area contributed by atoms with Gasteiger partial charge in [0.15, 0.2) is 4.90 Å². The van der Waals surface area contributed by atoms with Crippen LogP contribution in [0.25, 0.3) is 0 Å². The molecule has 0 aliphatic heterocycles. The van der Waals surface area contributed by atoms with Crippen LogP contribution >= 0.6 is 0 Å². The SMILES string of the molecule is N=C(N)c1ccc(C(=O)NCCC(=O)NCC(NS(=O)(=O)c2ccccc2[N+](=O)[O-])C(=O)O)cc1. The number of aliphatic carboxylic acids is 1. The number of hydrogen-bond acceptors (Lipinski definition) is 8. The molecule has 15 heteroatoms. The first-order chi connectivity index (χ1) is 16.4. The molecule has 0 bridgehead atoms. The molecule has 35 heavy (non-hydrogen) atoms. The zero-order valence-corrected chi connectivity index (χ0v) is 18.9. The van der Waals surface area contributed by atoms with Crippen molar-refractivity contribution >= 4 is 39.3 Å². The lowest BCUT2D eigenvalue weighted by Gasteiger charge is -2.16. The maximum absolute atomic E-state index is 12.5. The molecule has 7 N–H and O–H groups in total. The van der Waals surface area contributed by atoms with E-state index in [0.717, 1.165) is 12.1 Å². The van der Waals surface area contributed by atoms with Crippen LogP contribution in [0.1, 0.15) is 22.3 Å². The van der Waals surface area contributed by atoms with Crippen LogP contribution in [-0.2, 0) is 19.6 Å². The normalized spacial score (nSPS) is 11.8. The van der Waals surface area contributed by atoms with Gasteiger partial charge in [0.05, 0.1) is 4.92 Å². The third-order valence-electron chi connectivity index (χ3n) is 4.55. The van der Waals surface area contributed by atoms with E-state index in [0.29, 0.717) is 5.56 Å². The molecule has 0 fully saturated rings. The topological polar surface area (TPSA) is 235 Å². The molecular formula is C20H22N6O8S. The Bertz CT molecular complexity index is 1250. The molecule has 0 heterocycles. The molecular weight excluding hydrogens is 484 g/mol. The molecule has 186 valence electrons. The van der Waals surface area contributed by atoms with E-state index in [1.807, 2.05) is 4.72 Å². The van der Waals surface area contributed by atoms with Crippen LogP contribution in [0, 0.1) is 15.5 Å². The molecule has 1 unspecified atom stereocenters. The molecule has 0 aliphatic carbocycles. The highest BCUT2D eigenvalue weighted by Crippen LogP contribution is 2.22. The Hall–Kier alpha value is -4.37. The highest BCUT2D eigenvalue weighted by molar-refractivity contribution is 7.89. The lowest BCUT2D eigenvalue weighted by molar-refractivity contribution is -0.387. The van der Waals surface area contributed by atoms with Gasteiger partial charge in [0, 0.05) is 36.7 Å². The predicted molar refractivity (Wildman–Crippen MR) is 122 cm³/mol. The molecule has 0 radical (unpaired) electrons. The van der Waals surface area contributed by atoms with Crippen molar-refractivity contribution in [1.29, 1.82) is 5.41 Å². The van der Waals surface area contributed by atoms with Gasteiger partial charge in [-0.2, -0.15) is 4.72 Å². The number of amidine groups is 1. The molecule has 2 aromatic carbocycles. The fourth-order valence-electron chi connectivity index (χ4n) is 2.76. The number of nitrogens with zero attached hydrogens (tertiary/aromatic N) is 1. The van der Waals surface area contributed by atoms with Crippen molar-refractivity contribution < 1.29 is 32.8 Å². The standard InChI is InChI=1S/C20H22N6O8S/c21-18(22)12-5-7-13(8-6-12)19(28)23-10-9-17(27)24-11-14(20(29)30)25-35(33,34)16-4-2-1-3-15(16)26(31)32/h1-8,14,25H,9-11H2,(H3,21,22)(H,23,28)(H,24,27)(H,29,30). The van der Waals surface area contributed by atoms with Crippen molar-refractivity contribution in [3.63, 3.8) is 0 Å². The van der Waals surface area contributed by atoms with E-state index in [1.54, 1.807) is 0 Å². The van der Waals surface area contributed by atoms with Gasteiger partial charge in [0.1, 0.15) is 11.9 Å². The molecule has 0 aromatic heterocycles. The van der Waals surface area contributed by atoms with Crippen molar-refractivity contribution in [3.8, 4) is 0 Å². The summed E-state index contributed by atoms with van der Waals surface area (Å²) >= 11 is 0. The molecule has 2 amide bonds. The summed E-state index contributed by atoms with van der Waals surface area (Å²) in [6.07, 6.45) is -0.236. The lowest BCUT2D eigenvalue weighted by Crippen LogP contribution is -2.48. The minimum atomic E-state index is -4.60. The van der Waals surface area contributed by atoms with E-state index in [1.165, 1.54) is 36.4 Å². The van der Waals surface area contributed by atoms with E-state index in [-0.39, 0.29) is 24.4 Å². The smallest absolute Gasteiger partial charge is 0.323 e. The van der Waals surface area contributed by atoms with Crippen LogP contribution in [0.15, 0.2) is 53.4 Å². The maximum atomic E-state index is 12.5. The summed E-state index contributed by atoms with van der Waals surface area (Å²) in [6.45, 7) is -0.743. The van der Waals surface area contributed by atoms with Crippen molar-refractivity contribution in [2.75, 3.05) is 13.1 Å². The first-order valence-corrected chi connectivity index (χ1v) is 11.4. The third-order valence-corrected chi connectivity index (χ3v) is 6.07. The average Bonchev–Trinajstić information content (AvgIpc) is 2.81.